The lowest BCUT2D eigenvalue weighted by atomic mass is 10.2. The van der Waals surface area contributed by atoms with Gasteiger partial charge < -0.3 is 24.3 Å². The second kappa shape index (κ2) is 8.52. The largest absolute Gasteiger partial charge is 0.491 e. The Morgan fingerprint density at radius 2 is 1.74 bits per heavy atom. The van der Waals surface area contributed by atoms with E-state index in [4.69, 9.17) is 18.9 Å². The average molecular weight is 321 g/mol. The van der Waals surface area contributed by atoms with Crippen LogP contribution in [0.5, 0.6) is 11.5 Å². The molecule has 0 saturated carbocycles. The lowest BCUT2D eigenvalue weighted by Gasteiger charge is -2.17. The number of benzene rings is 1. The van der Waals surface area contributed by atoms with Gasteiger partial charge in [0.1, 0.15) is 24.7 Å². The fourth-order valence-corrected chi connectivity index (χ4v) is 3.02. The lowest BCUT2D eigenvalue weighted by molar-refractivity contribution is 0.0652. The van der Waals surface area contributed by atoms with Gasteiger partial charge in [-0.25, -0.2) is 0 Å². The summed E-state index contributed by atoms with van der Waals surface area (Å²) in [7, 11) is 1.94. The van der Waals surface area contributed by atoms with Gasteiger partial charge >= 0.3 is 0 Å². The van der Waals surface area contributed by atoms with E-state index in [9.17, 15) is 0 Å². The molecule has 2 atom stereocenters. The van der Waals surface area contributed by atoms with Crippen molar-refractivity contribution >= 4 is 0 Å². The van der Waals surface area contributed by atoms with Gasteiger partial charge in [-0.3, -0.25) is 0 Å². The highest BCUT2D eigenvalue weighted by Crippen LogP contribution is 2.27. The van der Waals surface area contributed by atoms with Gasteiger partial charge in [0.05, 0.1) is 12.2 Å². The molecular formula is C18H27NO4. The molecule has 23 heavy (non-hydrogen) atoms. The summed E-state index contributed by atoms with van der Waals surface area (Å²) in [6.45, 7) is 3.68. The van der Waals surface area contributed by atoms with Crippen molar-refractivity contribution in [2.75, 3.05) is 33.5 Å². The van der Waals surface area contributed by atoms with E-state index in [1.54, 1.807) is 0 Å². The highest BCUT2D eigenvalue weighted by molar-refractivity contribution is 5.40. The molecule has 1 N–H and O–H groups in total. The molecule has 0 aliphatic carbocycles. The van der Waals surface area contributed by atoms with E-state index in [1.807, 2.05) is 19.2 Å². The van der Waals surface area contributed by atoms with Crippen LogP contribution in [0.1, 0.15) is 31.2 Å². The Hall–Kier alpha value is -1.30. The molecule has 3 rings (SSSR count). The zero-order valence-corrected chi connectivity index (χ0v) is 13.9. The van der Waals surface area contributed by atoms with Crippen molar-refractivity contribution in [1.82, 2.24) is 5.32 Å². The van der Waals surface area contributed by atoms with Crippen molar-refractivity contribution in [3.8, 4) is 11.5 Å². The van der Waals surface area contributed by atoms with Gasteiger partial charge in [0, 0.05) is 31.4 Å². The van der Waals surface area contributed by atoms with Gasteiger partial charge in [-0.1, -0.05) is 6.07 Å². The summed E-state index contributed by atoms with van der Waals surface area (Å²) < 4.78 is 23.1. The summed E-state index contributed by atoms with van der Waals surface area (Å²) in [5.41, 5.74) is 1.13. The van der Waals surface area contributed by atoms with E-state index >= 15 is 0 Å². The van der Waals surface area contributed by atoms with Gasteiger partial charge in [0.2, 0.25) is 0 Å². The maximum Gasteiger partial charge on any atom is 0.127 e. The van der Waals surface area contributed by atoms with Gasteiger partial charge in [-0.15, -0.1) is 0 Å². The minimum atomic E-state index is 0.217. The average Bonchev–Trinajstić information content (AvgIpc) is 3.26. The second-order valence-corrected chi connectivity index (χ2v) is 6.19. The predicted molar refractivity (Wildman–Crippen MR) is 88.1 cm³/mol. The quantitative estimate of drug-likeness (QED) is 0.797. The Bertz CT molecular complexity index is 482. The standard InChI is InChI=1S/C18H27NO4/c1-19-11-14-6-7-15(22-12-16-4-2-8-20-16)10-18(14)23-13-17-5-3-9-21-17/h6-7,10,16-17,19H,2-5,8-9,11-13H2,1H3. The molecule has 5 heteroatoms. The van der Waals surface area contributed by atoms with E-state index < -0.39 is 0 Å². The van der Waals surface area contributed by atoms with E-state index in [0.717, 1.165) is 62.5 Å². The van der Waals surface area contributed by atoms with Crippen LogP contribution in [0.3, 0.4) is 0 Å². The third-order valence-electron chi connectivity index (χ3n) is 4.31. The SMILES string of the molecule is CNCc1ccc(OCC2CCCO2)cc1OCC1CCCO1. The summed E-state index contributed by atoms with van der Waals surface area (Å²) in [4.78, 5) is 0. The monoisotopic (exact) mass is 321 g/mol. The molecule has 128 valence electrons. The van der Waals surface area contributed by atoms with Crippen LogP contribution >= 0.6 is 0 Å². The van der Waals surface area contributed by atoms with Crippen molar-refractivity contribution in [3.63, 3.8) is 0 Å². The molecule has 0 spiro atoms. The summed E-state index contributed by atoms with van der Waals surface area (Å²) in [5.74, 6) is 1.71. The van der Waals surface area contributed by atoms with Crippen molar-refractivity contribution in [3.05, 3.63) is 23.8 Å². The Labute approximate surface area is 138 Å². The number of ether oxygens (including phenoxy) is 4. The first-order valence-electron chi connectivity index (χ1n) is 8.61. The van der Waals surface area contributed by atoms with Crippen LogP contribution in [0, 0.1) is 0 Å². The van der Waals surface area contributed by atoms with Crippen LogP contribution in [0.4, 0.5) is 0 Å². The zero-order chi connectivity index (χ0) is 15.9. The normalized spacial score (nSPS) is 24.0. The van der Waals surface area contributed by atoms with Crippen LogP contribution < -0.4 is 14.8 Å². The third-order valence-corrected chi connectivity index (χ3v) is 4.31. The molecule has 2 aliphatic rings. The van der Waals surface area contributed by atoms with E-state index in [2.05, 4.69) is 11.4 Å². The highest BCUT2D eigenvalue weighted by Gasteiger charge is 2.18. The number of nitrogens with one attached hydrogen (secondary N) is 1. The molecule has 2 heterocycles. The molecule has 0 radical (unpaired) electrons. The molecule has 0 amide bonds. The van der Waals surface area contributed by atoms with Crippen molar-refractivity contribution < 1.29 is 18.9 Å². The van der Waals surface area contributed by atoms with E-state index in [-0.39, 0.29) is 12.2 Å². The van der Waals surface area contributed by atoms with Crippen LogP contribution in [-0.2, 0) is 16.0 Å². The fourth-order valence-electron chi connectivity index (χ4n) is 3.02. The van der Waals surface area contributed by atoms with Crippen molar-refractivity contribution in [1.29, 1.82) is 0 Å². The zero-order valence-electron chi connectivity index (χ0n) is 13.9. The third kappa shape index (κ3) is 4.83. The van der Waals surface area contributed by atoms with Gasteiger partial charge in [0.15, 0.2) is 0 Å². The topological polar surface area (TPSA) is 49.0 Å². The maximum absolute atomic E-state index is 6.01. The lowest BCUT2D eigenvalue weighted by Crippen LogP contribution is -2.18. The van der Waals surface area contributed by atoms with Crippen LogP contribution in [-0.4, -0.2) is 45.7 Å². The summed E-state index contributed by atoms with van der Waals surface area (Å²) in [6, 6.07) is 6.04. The Kier molecular flexibility index (Phi) is 6.13. The van der Waals surface area contributed by atoms with Crippen molar-refractivity contribution in [2.45, 2.75) is 44.4 Å². The molecule has 5 nitrogen and oxygen atoms in total. The first-order valence-corrected chi connectivity index (χ1v) is 8.61. The highest BCUT2D eigenvalue weighted by atomic mass is 16.5. The minimum absolute atomic E-state index is 0.217. The molecule has 1 aromatic rings. The summed E-state index contributed by atoms with van der Waals surface area (Å²) in [6.07, 6.45) is 4.86. The summed E-state index contributed by atoms with van der Waals surface area (Å²) in [5, 5.41) is 3.18. The number of rotatable bonds is 8. The number of hydrogen-bond donors (Lipinski definition) is 1. The molecular weight excluding hydrogens is 294 g/mol. The molecule has 0 bridgehead atoms. The van der Waals surface area contributed by atoms with E-state index in [1.165, 1.54) is 0 Å². The van der Waals surface area contributed by atoms with Gasteiger partial charge in [-0.2, -0.15) is 0 Å². The Morgan fingerprint density at radius 3 is 2.35 bits per heavy atom. The van der Waals surface area contributed by atoms with Crippen LogP contribution in [0.2, 0.25) is 0 Å². The maximum atomic E-state index is 6.01. The number of hydrogen-bond acceptors (Lipinski definition) is 5. The Balaban J connectivity index is 1.59. The van der Waals surface area contributed by atoms with Crippen LogP contribution in [0.15, 0.2) is 18.2 Å². The van der Waals surface area contributed by atoms with E-state index in [0.29, 0.717) is 13.2 Å². The van der Waals surface area contributed by atoms with Crippen molar-refractivity contribution in [2.24, 2.45) is 0 Å². The smallest absolute Gasteiger partial charge is 0.127 e. The Morgan fingerprint density at radius 1 is 1.04 bits per heavy atom. The molecule has 2 fully saturated rings. The van der Waals surface area contributed by atoms with Gasteiger partial charge in [-0.05, 0) is 38.8 Å². The first kappa shape index (κ1) is 16.6. The fraction of sp³-hybridized carbons (Fsp3) is 0.667. The predicted octanol–water partition coefficient (Wildman–Crippen LogP) is 2.52. The molecule has 2 aliphatic heterocycles. The second-order valence-electron chi connectivity index (χ2n) is 6.19. The molecule has 2 saturated heterocycles. The molecule has 0 aromatic heterocycles. The molecule has 2 unspecified atom stereocenters. The summed E-state index contributed by atoms with van der Waals surface area (Å²) >= 11 is 0. The van der Waals surface area contributed by atoms with Crippen LogP contribution in [0.25, 0.3) is 0 Å². The van der Waals surface area contributed by atoms with Gasteiger partial charge in [0.25, 0.3) is 0 Å². The first-order chi connectivity index (χ1) is 11.3. The molecule has 1 aromatic carbocycles. The minimum Gasteiger partial charge on any atom is -0.491 e.